The Morgan fingerprint density at radius 2 is 1.65 bits per heavy atom. The molecule has 26 heavy (non-hydrogen) atoms. The molecule has 2 aromatic carbocycles. The van der Waals surface area contributed by atoms with Gasteiger partial charge in [0.15, 0.2) is 5.82 Å². The maximum absolute atomic E-state index is 6.44. The minimum atomic E-state index is 0. The fourth-order valence-electron chi connectivity index (χ4n) is 3.60. The Balaban J connectivity index is 0.00000196. The van der Waals surface area contributed by atoms with Crippen LogP contribution in [0.3, 0.4) is 0 Å². The summed E-state index contributed by atoms with van der Waals surface area (Å²) in [4.78, 5) is 2.37. The summed E-state index contributed by atoms with van der Waals surface area (Å²) in [5, 5.41) is 12.3. The van der Waals surface area contributed by atoms with E-state index < -0.39 is 0 Å². The van der Waals surface area contributed by atoms with Gasteiger partial charge in [-0.2, -0.15) is 4.68 Å². The summed E-state index contributed by atoms with van der Waals surface area (Å²) in [6.07, 6.45) is 0. The van der Waals surface area contributed by atoms with Gasteiger partial charge in [0.2, 0.25) is 0 Å². The summed E-state index contributed by atoms with van der Waals surface area (Å²) < 4.78 is 1.81. The summed E-state index contributed by atoms with van der Waals surface area (Å²) in [5.74, 6) is 1.18. The number of benzene rings is 2. The predicted molar refractivity (Wildman–Crippen MR) is 104 cm³/mol. The van der Waals surface area contributed by atoms with E-state index in [1.165, 1.54) is 5.56 Å². The second-order valence-electron chi connectivity index (χ2n) is 6.60. The third-order valence-electron chi connectivity index (χ3n) is 5.04. The molecule has 0 saturated carbocycles. The minimum absolute atomic E-state index is 0. The zero-order valence-corrected chi connectivity index (χ0v) is 15.5. The van der Waals surface area contributed by atoms with E-state index in [1.807, 2.05) is 41.1 Å². The van der Waals surface area contributed by atoms with Gasteiger partial charge in [0, 0.05) is 25.0 Å². The highest BCUT2D eigenvalue weighted by Crippen LogP contribution is 2.32. The second-order valence-corrected chi connectivity index (χ2v) is 6.60. The summed E-state index contributed by atoms with van der Waals surface area (Å²) in [5.41, 5.74) is 8.71. The molecule has 2 heterocycles. The molecule has 0 bridgehead atoms. The van der Waals surface area contributed by atoms with Crippen LogP contribution in [-0.4, -0.2) is 44.2 Å². The lowest BCUT2D eigenvalue weighted by molar-refractivity contribution is 0.245. The van der Waals surface area contributed by atoms with E-state index in [-0.39, 0.29) is 24.5 Å². The molecule has 6 nitrogen and oxygen atoms in total. The largest absolute Gasteiger partial charge is 0.326 e. The van der Waals surface area contributed by atoms with E-state index in [2.05, 4.69) is 51.6 Å². The monoisotopic (exact) mass is 370 g/mol. The highest BCUT2D eigenvalue weighted by atomic mass is 35.5. The normalized spacial score (nSPS) is 21.3. The van der Waals surface area contributed by atoms with Crippen molar-refractivity contribution >= 4 is 12.4 Å². The van der Waals surface area contributed by atoms with Crippen LogP contribution in [0.5, 0.6) is 0 Å². The molecule has 1 aromatic heterocycles. The molecule has 3 atom stereocenters. The maximum Gasteiger partial charge on any atom is 0.173 e. The highest BCUT2D eigenvalue weighted by molar-refractivity contribution is 5.85. The molecular formula is C19H23ClN6. The van der Waals surface area contributed by atoms with Crippen molar-refractivity contribution in [2.45, 2.75) is 24.9 Å². The van der Waals surface area contributed by atoms with E-state index in [1.54, 1.807) is 0 Å². The molecule has 1 saturated heterocycles. The first kappa shape index (κ1) is 18.5. The SMILES string of the molecule is CC(c1nnnn1-c1ccccc1)N1C[C@@H](N)[C@H](c2ccccc2)C1.Cl. The maximum atomic E-state index is 6.44. The molecule has 2 N–H and O–H groups in total. The number of halogens is 1. The number of tetrazole rings is 1. The van der Waals surface area contributed by atoms with Gasteiger partial charge in [0.1, 0.15) is 0 Å². The van der Waals surface area contributed by atoms with Gasteiger partial charge in [-0.25, -0.2) is 0 Å². The van der Waals surface area contributed by atoms with E-state index in [0.717, 1.165) is 24.6 Å². The number of para-hydroxylation sites is 1. The van der Waals surface area contributed by atoms with Gasteiger partial charge in [0.05, 0.1) is 11.7 Å². The third kappa shape index (κ3) is 3.49. The third-order valence-corrected chi connectivity index (χ3v) is 5.04. The molecule has 4 rings (SSSR count). The molecule has 0 amide bonds. The lowest BCUT2D eigenvalue weighted by Gasteiger charge is -2.23. The van der Waals surface area contributed by atoms with Crippen molar-refractivity contribution in [1.82, 2.24) is 25.1 Å². The van der Waals surface area contributed by atoms with Crippen LogP contribution >= 0.6 is 12.4 Å². The number of aromatic nitrogens is 4. The first-order chi connectivity index (χ1) is 12.2. The number of nitrogens with zero attached hydrogens (tertiary/aromatic N) is 5. The molecule has 1 unspecified atom stereocenters. The Morgan fingerprint density at radius 3 is 2.35 bits per heavy atom. The van der Waals surface area contributed by atoms with Crippen molar-refractivity contribution in [2.24, 2.45) is 5.73 Å². The molecule has 136 valence electrons. The molecule has 0 radical (unpaired) electrons. The standard InChI is InChI=1S/C19H22N6.ClH/c1-14(19-21-22-23-25(19)16-10-6-3-7-11-16)24-12-17(18(20)13-24)15-8-4-2-5-9-15;/h2-11,14,17-18H,12-13,20H2,1H3;1H/t14?,17-,18+;/m0./s1. The van der Waals surface area contributed by atoms with Crippen LogP contribution in [0.2, 0.25) is 0 Å². The Morgan fingerprint density at radius 1 is 1.00 bits per heavy atom. The molecule has 7 heteroatoms. The van der Waals surface area contributed by atoms with Gasteiger partial charge in [-0.3, -0.25) is 4.90 Å². The molecule has 0 spiro atoms. The number of likely N-dealkylation sites (tertiary alicyclic amines) is 1. The summed E-state index contributed by atoms with van der Waals surface area (Å²) in [7, 11) is 0. The summed E-state index contributed by atoms with van der Waals surface area (Å²) >= 11 is 0. The van der Waals surface area contributed by atoms with Gasteiger partial charge in [-0.05, 0) is 35.0 Å². The highest BCUT2D eigenvalue weighted by Gasteiger charge is 2.35. The first-order valence-corrected chi connectivity index (χ1v) is 8.62. The molecular weight excluding hydrogens is 348 g/mol. The molecule has 1 fully saturated rings. The van der Waals surface area contributed by atoms with E-state index in [0.29, 0.717) is 5.92 Å². The van der Waals surface area contributed by atoms with Crippen LogP contribution < -0.4 is 5.73 Å². The average Bonchev–Trinajstić information content (AvgIpc) is 3.29. The number of nitrogens with two attached hydrogens (primary N) is 1. The fraction of sp³-hybridized carbons (Fsp3) is 0.316. The zero-order valence-electron chi connectivity index (χ0n) is 14.6. The van der Waals surface area contributed by atoms with Gasteiger partial charge in [-0.1, -0.05) is 48.5 Å². The summed E-state index contributed by atoms with van der Waals surface area (Å²) in [6.45, 7) is 3.89. The predicted octanol–water partition coefficient (Wildman–Crippen LogP) is 2.57. The van der Waals surface area contributed by atoms with Crippen LogP contribution in [-0.2, 0) is 0 Å². The van der Waals surface area contributed by atoms with Crippen molar-refractivity contribution < 1.29 is 0 Å². The van der Waals surface area contributed by atoms with Crippen molar-refractivity contribution in [1.29, 1.82) is 0 Å². The molecule has 1 aliphatic rings. The quantitative estimate of drug-likeness (QED) is 0.764. The lowest BCUT2D eigenvalue weighted by atomic mass is 9.95. The summed E-state index contributed by atoms with van der Waals surface area (Å²) in [6, 6.07) is 20.7. The van der Waals surface area contributed by atoms with E-state index >= 15 is 0 Å². The van der Waals surface area contributed by atoms with E-state index in [4.69, 9.17) is 5.73 Å². The van der Waals surface area contributed by atoms with Gasteiger partial charge >= 0.3 is 0 Å². The van der Waals surface area contributed by atoms with Crippen molar-refractivity contribution in [3.63, 3.8) is 0 Å². The van der Waals surface area contributed by atoms with Crippen LogP contribution in [0, 0.1) is 0 Å². The Labute approximate surface area is 159 Å². The lowest BCUT2D eigenvalue weighted by Crippen LogP contribution is -2.31. The van der Waals surface area contributed by atoms with Gasteiger partial charge in [0.25, 0.3) is 0 Å². The Bertz CT molecular complexity index is 822. The van der Waals surface area contributed by atoms with Crippen LogP contribution in [0.25, 0.3) is 5.69 Å². The molecule has 0 aliphatic carbocycles. The van der Waals surface area contributed by atoms with Gasteiger partial charge in [-0.15, -0.1) is 17.5 Å². The van der Waals surface area contributed by atoms with E-state index in [9.17, 15) is 0 Å². The van der Waals surface area contributed by atoms with Crippen molar-refractivity contribution in [3.05, 3.63) is 72.1 Å². The average molecular weight is 371 g/mol. The van der Waals surface area contributed by atoms with Crippen LogP contribution in [0.4, 0.5) is 0 Å². The van der Waals surface area contributed by atoms with Gasteiger partial charge < -0.3 is 5.73 Å². The fourth-order valence-corrected chi connectivity index (χ4v) is 3.60. The van der Waals surface area contributed by atoms with Crippen LogP contribution in [0.15, 0.2) is 60.7 Å². The first-order valence-electron chi connectivity index (χ1n) is 8.62. The zero-order chi connectivity index (χ0) is 17.2. The van der Waals surface area contributed by atoms with Crippen LogP contribution in [0.1, 0.15) is 30.3 Å². The Hall–Kier alpha value is -2.28. The Kier molecular flexibility index (Phi) is 5.66. The smallest absolute Gasteiger partial charge is 0.173 e. The number of hydrogen-bond donors (Lipinski definition) is 1. The number of rotatable bonds is 4. The van der Waals surface area contributed by atoms with Crippen molar-refractivity contribution in [2.75, 3.05) is 13.1 Å². The van der Waals surface area contributed by atoms with Crippen molar-refractivity contribution in [3.8, 4) is 5.69 Å². The topological polar surface area (TPSA) is 72.9 Å². The second kappa shape index (κ2) is 7.95. The molecule has 1 aliphatic heterocycles. The number of hydrogen-bond acceptors (Lipinski definition) is 5. The minimum Gasteiger partial charge on any atom is -0.326 e. The molecule has 3 aromatic rings.